The molecule has 0 N–H and O–H groups in total. The van der Waals surface area contributed by atoms with Crippen LogP contribution in [-0.2, 0) is 9.05 Å². The molecule has 18 heavy (non-hydrogen) atoms. The molecule has 0 fully saturated rings. The van der Waals surface area contributed by atoms with Crippen LogP contribution in [0.1, 0.15) is 17.6 Å². The van der Waals surface area contributed by atoms with Crippen molar-refractivity contribution in [2.75, 3.05) is 0 Å². The van der Waals surface area contributed by atoms with Crippen LogP contribution in [-0.4, -0.2) is 18.3 Å². The molecule has 1 heterocycles. The van der Waals surface area contributed by atoms with Gasteiger partial charge in [0.05, 0.1) is 10.5 Å². The van der Waals surface area contributed by atoms with Crippen LogP contribution in [0.15, 0.2) is 11.2 Å². The van der Waals surface area contributed by atoms with Gasteiger partial charge in [0.1, 0.15) is 11.6 Å². The van der Waals surface area contributed by atoms with E-state index in [4.69, 9.17) is 15.9 Å². The molecule has 0 aliphatic rings. The molecule has 1 rings (SSSR count). The van der Waals surface area contributed by atoms with Gasteiger partial charge in [-0.1, -0.05) is 0 Å². The van der Waals surface area contributed by atoms with Gasteiger partial charge in [-0.2, -0.15) is 5.26 Å². The molecule has 7 nitrogen and oxygen atoms in total. The molecule has 1 aromatic heterocycles. The number of nitro groups is 1. The van der Waals surface area contributed by atoms with E-state index in [1.165, 1.54) is 6.07 Å². The number of nitrogens with zero attached hydrogens (tertiary/aromatic N) is 3. The maximum atomic E-state index is 12.7. The van der Waals surface area contributed by atoms with E-state index < -0.39 is 42.2 Å². The Morgan fingerprint density at radius 1 is 1.56 bits per heavy atom. The van der Waals surface area contributed by atoms with E-state index in [0.717, 1.165) is 0 Å². The van der Waals surface area contributed by atoms with Crippen LogP contribution in [0.5, 0.6) is 0 Å². The summed E-state index contributed by atoms with van der Waals surface area (Å²) in [7, 11) is 0.175. The molecule has 0 atom stereocenters. The average Bonchev–Trinajstić information content (AvgIpc) is 2.25. The zero-order chi connectivity index (χ0) is 14.1. The van der Waals surface area contributed by atoms with E-state index in [2.05, 4.69) is 4.98 Å². The largest absolute Gasteiger partial charge is 0.318 e. The van der Waals surface area contributed by atoms with Gasteiger partial charge in [0.25, 0.3) is 15.5 Å². The van der Waals surface area contributed by atoms with Crippen LogP contribution in [0.3, 0.4) is 0 Å². The molecule has 1 aromatic rings. The summed E-state index contributed by atoms with van der Waals surface area (Å²) in [4.78, 5) is 12.4. The minimum absolute atomic E-state index is 0.490. The first-order valence-corrected chi connectivity index (χ1v) is 6.31. The fraction of sp³-hybridized carbons (Fsp3) is 0.143. The quantitative estimate of drug-likeness (QED) is 0.477. The monoisotopic (exact) mass is 297 g/mol. The zero-order valence-electron chi connectivity index (χ0n) is 8.17. The topological polar surface area (TPSA) is 114 Å². The predicted molar refractivity (Wildman–Crippen MR) is 53.6 cm³/mol. The lowest BCUT2D eigenvalue weighted by Gasteiger charge is -2.05. The number of rotatable bonds is 3. The predicted octanol–water partition coefficient (Wildman–Crippen LogP) is 1.73. The van der Waals surface area contributed by atoms with Gasteiger partial charge in [0.2, 0.25) is 5.03 Å². The van der Waals surface area contributed by atoms with Crippen LogP contribution in [0.25, 0.3) is 0 Å². The minimum Gasteiger partial charge on any atom is -0.258 e. The van der Waals surface area contributed by atoms with E-state index in [1.54, 1.807) is 0 Å². The van der Waals surface area contributed by atoms with Gasteiger partial charge in [-0.25, -0.2) is 22.2 Å². The van der Waals surface area contributed by atoms with Crippen molar-refractivity contribution < 1.29 is 22.1 Å². The summed E-state index contributed by atoms with van der Waals surface area (Å²) >= 11 is 0. The van der Waals surface area contributed by atoms with E-state index in [0.29, 0.717) is 6.20 Å². The maximum Gasteiger partial charge on any atom is 0.318 e. The van der Waals surface area contributed by atoms with Crippen LogP contribution < -0.4 is 0 Å². The average molecular weight is 298 g/mol. The molecular weight excluding hydrogens is 296 g/mol. The van der Waals surface area contributed by atoms with E-state index in [-0.39, 0.29) is 0 Å². The Hall–Kier alpha value is -1.86. The first-order chi connectivity index (χ1) is 8.20. The number of alkyl halides is 2. The minimum atomic E-state index is -4.68. The number of pyridine rings is 1. The highest BCUT2D eigenvalue weighted by atomic mass is 35.7. The van der Waals surface area contributed by atoms with Crippen molar-refractivity contribution in [3.8, 4) is 6.07 Å². The van der Waals surface area contributed by atoms with Crippen molar-refractivity contribution in [1.29, 1.82) is 5.26 Å². The second-order valence-electron chi connectivity index (χ2n) is 2.85. The molecule has 0 aliphatic heterocycles. The third kappa shape index (κ3) is 2.52. The molecule has 0 amide bonds. The zero-order valence-corrected chi connectivity index (χ0v) is 9.74. The second-order valence-corrected chi connectivity index (χ2v) is 5.33. The van der Waals surface area contributed by atoms with Crippen LogP contribution >= 0.6 is 10.7 Å². The molecule has 0 aliphatic carbocycles. The van der Waals surface area contributed by atoms with Gasteiger partial charge in [-0.05, 0) is 0 Å². The molecule has 0 unspecified atom stereocenters. The third-order valence-electron chi connectivity index (χ3n) is 1.81. The summed E-state index contributed by atoms with van der Waals surface area (Å²) in [5, 5.41) is 17.9. The van der Waals surface area contributed by atoms with Gasteiger partial charge in [0.15, 0.2) is 0 Å². The highest BCUT2D eigenvalue weighted by Crippen LogP contribution is 2.36. The number of aromatic nitrogens is 1. The summed E-state index contributed by atoms with van der Waals surface area (Å²) in [5.74, 6) is 0. The van der Waals surface area contributed by atoms with Crippen molar-refractivity contribution in [3.05, 3.63) is 27.4 Å². The third-order valence-corrected chi connectivity index (χ3v) is 3.01. The van der Waals surface area contributed by atoms with E-state index in [1.807, 2.05) is 0 Å². The van der Waals surface area contributed by atoms with Crippen molar-refractivity contribution in [2.45, 2.75) is 11.5 Å². The number of halogens is 3. The van der Waals surface area contributed by atoms with Gasteiger partial charge < -0.3 is 0 Å². The number of hydrogen-bond donors (Lipinski definition) is 0. The fourth-order valence-corrected chi connectivity index (χ4v) is 2.09. The van der Waals surface area contributed by atoms with Crippen molar-refractivity contribution >= 4 is 25.4 Å². The number of nitriles is 1. The molecular formula is C7H2ClF2N3O4S. The van der Waals surface area contributed by atoms with Gasteiger partial charge in [0, 0.05) is 16.9 Å². The van der Waals surface area contributed by atoms with Gasteiger partial charge in [-0.15, -0.1) is 0 Å². The summed E-state index contributed by atoms with van der Waals surface area (Å²) in [6.45, 7) is 0. The molecule has 0 aromatic carbocycles. The standard InChI is InChI=1S/C7H2ClF2N3O4S/c8-18(16,17)7-5(13(14)15)4(6(9)10)3(1-11)2-12-7/h2,6H. The van der Waals surface area contributed by atoms with Crippen molar-refractivity contribution in [2.24, 2.45) is 0 Å². The van der Waals surface area contributed by atoms with Crippen molar-refractivity contribution in [1.82, 2.24) is 4.98 Å². The van der Waals surface area contributed by atoms with Crippen molar-refractivity contribution in [3.63, 3.8) is 0 Å². The molecule has 0 bridgehead atoms. The SMILES string of the molecule is N#Cc1cnc(S(=O)(=O)Cl)c([N+](=O)[O-])c1C(F)F. The fourth-order valence-electron chi connectivity index (χ4n) is 1.16. The molecule has 0 saturated carbocycles. The molecule has 0 radical (unpaired) electrons. The van der Waals surface area contributed by atoms with Crippen LogP contribution in [0.2, 0.25) is 0 Å². The lowest BCUT2D eigenvalue weighted by Crippen LogP contribution is -2.08. The second kappa shape index (κ2) is 4.79. The lowest BCUT2D eigenvalue weighted by atomic mass is 10.1. The Balaban J connectivity index is 3.87. The Kier molecular flexibility index (Phi) is 3.78. The first kappa shape index (κ1) is 14.2. The smallest absolute Gasteiger partial charge is 0.258 e. The van der Waals surface area contributed by atoms with Gasteiger partial charge >= 0.3 is 5.69 Å². The lowest BCUT2D eigenvalue weighted by molar-refractivity contribution is -0.389. The van der Waals surface area contributed by atoms with Crippen LogP contribution in [0.4, 0.5) is 14.5 Å². The normalized spacial score (nSPS) is 11.3. The Morgan fingerprint density at radius 2 is 2.11 bits per heavy atom. The molecule has 0 spiro atoms. The Morgan fingerprint density at radius 3 is 2.44 bits per heavy atom. The summed E-state index contributed by atoms with van der Waals surface area (Å²) in [5.41, 5.74) is -3.60. The maximum absolute atomic E-state index is 12.7. The van der Waals surface area contributed by atoms with E-state index >= 15 is 0 Å². The van der Waals surface area contributed by atoms with E-state index in [9.17, 15) is 27.3 Å². The number of hydrogen-bond acceptors (Lipinski definition) is 6. The summed E-state index contributed by atoms with van der Waals surface area (Å²) in [6, 6.07) is 1.27. The Bertz CT molecular complexity index is 655. The highest BCUT2D eigenvalue weighted by molar-refractivity contribution is 8.13. The Labute approximate surface area is 103 Å². The highest BCUT2D eigenvalue weighted by Gasteiger charge is 2.35. The summed E-state index contributed by atoms with van der Waals surface area (Å²) < 4.78 is 47.4. The summed E-state index contributed by atoms with van der Waals surface area (Å²) in [6.07, 6.45) is -2.93. The molecule has 0 saturated heterocycles. The van der Waals surface area contributed by atoms with Gasteiger partial charge in [-0.3, -0.25) is 10.1 Å². The first-order valence-electron chi connectivity index (χ1n) is 4.00. The molecule has 96 valence electrons. The van der Waals surface area contributed by atoms with Crippen LogP contribution in [0, 0.1) is 21.4 Å². The molecule has 11 heteroatoms.